The first-order valence-electron chi connectivity index (χ1n) is 5.99. The highest BCUT2D eigenvalue weighted by Crippen LogP contribution is 2.25. The maximum Gasteiger partial charge on any atom is 0.328 e. The van der Waals surface area contributed by atoms with Crippen molar-refractivity contribution in [1.82, 2.24) is 5.32 Å². The first-order valence-corrected chi connectivity index (χ1v) is 5.99. The first-order chi connectivity index (χ1) is 7.91. The van der Waals surface area contributed by atoms with Gasteiger partial charge in [-0.2, -0.15) is 0 Å². The summed E-state index contributed by atoms with van der Waals surface area (Å²) < 4.78 is 0. The summed E-state index contributed by atoms with van der Waals surface area (Å²) in [6, 6.07) is 7.77. The number of aliphatic carboxylic acids is 1. The van der Waals surface area contributed by atoms with E-state index in [1.54, 1.807) is 6.92 Å². The lowest BCUT2D eigenvalue weighted by Crippen LogP contribution is -2.50. The standard InChI is InChI=1S/C14H21NO2/c1-5-11(3)15-14(4,13(16)17)12-9-7-6-8-10(12)2/h6-9,11,15H,5H2,1-4H3,(H,16,17). The number of benzene rings is 1. The third-order valence-corrected chi connectivity index (χ3v) is 3.26. The molecule has 1 rings (SSSR count). The van der Waals surface area contributed by atoms with E-state index in [2.05, 4.69) is 5.32 Å². The van der Waals surface area contributed by atoms with Gasteiger partial charge in [-0.25, -0.2) is 4.79 Å². The van der Waals surface area contributed by atoms with Gasteiger partial charge in [-0.3, -0.25) is 5.32 Å². The van der Waals surface area contributed by atoms with Gasteiger partial charge in [0.15, 0.2) is 0 Å². The molecule has 94 valence electrons. The fraction of sp³-hybridized carbons (Fsp3) is 0.500. The lowest BCUT2D eigenvalue weighted by Gasteiger charge is -2.31. The van der Waals surface area contributed by atoms with E-state index < -0.39 is 11.5 Å². The summed E-state index contributed by atoms with van der Waals surface area (Å²) in [5.74, 6) is -0.841. The zero-order chi connectivity index (χ0) is 13.1. The number of hydrogen-bond donors (Lipinski definition) is 2. The van der Waals surface area contributed by atoms with E-state index in [9.17, 15) is 9.90 Å². The van der Waals surface area contributed by atoms with Gasteiger partial charge in [0.2, 0.25) is 0 Å². The van der Waals surface area contributed by atoms with Crippen molar-refractivity contribution in [2.24, 2.45) is 0 Å². The lowest BCUT2D eigenvalue weighted by molar-refractivity contribution is -0.145. The summed E-state index contributed by atoms with van der Waals surface area (Å²) in [5, 5.41) is 12.7. The SMILES string of the molecule is CCC(C)NC(C)(C(=O)O)c1ccccc1C. The molecule has 17 heavy (non-hydrogen) atoms. The van der Waals surface area contributed by atoms with Crippen LogP contribution in [0, 0.1) is 6.92 Å². The number of nitrogens with one attached hydrogen (secondary N) is 1. The number of hydrogen-bond acceptors (Lipinski definition) is 2. The Kier molecular flexibility index (Phi) is 4.29. The van der Waals surface area contributed by atoms with E-state index in [4.69, 9.17) is 0 Å². The van der Waals surface area contributed by atoms with E-state index in [0.29, 0.717) is 0 Å². The van der Waals surface area contributed by atoms with E-state index in [1.807, 2.05) is 45.0 Å². The van der Waals surface area contributed by atoms with Gasteiger partial charge in [0.05, 0.1) is 0 Å². The Balaban J connectivity index is 3.17. The van der Waals surface area contributed by atoms with Crippen molar-refractivity contribution in [3.63, 3.8) is 0 Å². The Morgan fingerprint density at radius 1 is 1.47 bits per heavy atom. The van der Waals surface area contributed by atoms with Gasteiger partial charge in [-0.05, 0) is 38.3 Å². The van der Waals surface area contributed by atoms with Crippen LogP contribution in [-0.4, -0.2) is 17.1 Å². The van der Waals surface area contributed by atoms with Crippen LogP contribution in [0.2, 0.25) is 0 Å². The zero-order valence-electron chi connectivity index (χ0n) is 10.9. The summed E-state index contributed by atoms with van der Waals surface area (Å²) in [4.78, 5) is 11.6. The predicted molar refractivity (Wildman–Crippen MR) is 69.1 cm³/mol. The van der Waals surface area contributed by atoms with Crippen LogP contribution in [0.4, 0.5) is 0 Å². The maximum absolute atomic E-state index is 11.6. The Morgan fingerprint density at radius 3 is 2.53 bits per heavy atom. The Morgan fingerprint density at radius 2 is 2.06 bits per heavy atom. The third-order valence-electron chi connectivity index (χ3n) is 3.26. The highest BCUT2D eigenvalue weighted by Gasteiger charge is 2.36. The van der Waals surface area contributed by atoms with Gasteiger partial charge in [-0.1, -0.05) is 31.2 Å². The number of carboxylic acids is 1. The molecule has 0 radical (unpaired) electrons. The molecule has 0 bridgehead atoms. The molecule has 0 heterocycles. The van der Waals surface area contributed by atoms with Gasteiger partial charge < -0.3 is 5.11 Å². The van der Waals surface area contributed by atoms with Crippen molar-refractivity contribution in [2.45, 2.75) is 45.7 Å². The maximum atomic E-state index is 11.6. The van der Waals surface area contributed by atoms with Gasteiger partial charge in [0, 0.05) is 6.04 Å². The second kappa shape index (κ2) is 5.32. The minimum absolute atomic E-state index is 0.163. The minimum Gasteiger partial charge on any atom is -0.480 e. The molecule has 3 nitrogen and oxygen atoms in total. The molecule has 0 saturated carbocycles. The molecule has 1 aromatic rings. The van der Waals surface area contributed by atoms with Crippen molar-refractivity contribution in [2.75, 3.05) is 0 Å². The summed E-state index contributed by atoms with van der Waals surface area (Å²) in [7, 11) is 0. The van der Waals surface area contributed by atoms with Crippen LogP contribution in [0.15, 0.2) is 24.3 Å². The van der Waals surface area contributed by atoms with E-state index in [0.717, 1.165) is 17.5 Å². The molecule has 0 saturated heterocycles. The van der Waals surface area contributed by atoms with E-state index >= 15 is 0 Å². The minimum atomic E-state index is -1.03. The van der Waals surface area contributed by atoms with Gasteiger partial charge in [-0.15, -0.1) is 0 Å². The van der Waals surface area contributed by atoms with E-state index in [1.165, 1.54) is 0 Å². The largest absolute Gasteiger partial charge is 0.480 e. The number of carboxylic acid groups (broad SMARTS) is 1. The van der Waals surface area contributed by atoms with Crippen LogP contribution < -0.4 is 5.32 Å². The summed E-state index contributed by atoms with van der Waals surface area (Å²) in [6.45, 7) is 7.70. The molecule has 0 spiro atoms. The van der Waals surface area contributed by atoms with Crippen LogP contribution >= 0.6 is 0 Å². The second-order valence-electron chi connectivity index (χ2n) is 4.70. The van der Waals surface area contributed by atoms with Gasteiger partial charge in [0.1, 0.15) is 5.54 Å². The summed E-state index contributed by atoms with van der Waals surface area (Å²) in [6.07, 6.45) is 0.898. The molecule has 2 N–H and O–H groups in total. The molecular weight excluding hydrogens is 214 g/mol. The average molecular weight is 235 g/mol. The molecule has 3 heteroatoms. The van der Waals surface area contributed by atoms with Crippen molar-refractivity contribution >= 4 is 5.97 Å². The Bertz CT molecular complexity index is 403. The van der Waals surface area contributed by atoms with Crippen molar-refractivity contribution in [3.8, 4) is 0 Å². The summed E-state index contributed by atoms with van der Waals surface area (Å²) >= 11 is 0. The molecule has 1 aromatic carbocycles. The Hall–Kier alpha value is -1.35. The molecule has 0 aliphatic rings. The molecule has 0 aliphatic heterocycles. The smallest absolute Gasteiger partial charge is 0.328 e. The first kappa shape index (κ1) is 13.7. The third kappa shape index (κ3) is 2.86. The fourth-order valence-corrected chi connectivity index (χ4v) is 1.98. The van der Waals surface area contributed by atoms with Crippen LogP contribution in [0.5, 0.6) is 0 Å². The quantitative estimate of drug-likeness (QED) is 0.825. The van der Waals surface area contributed by atoms with Crippen LogP contribution in [-0.2, 0) is 10.3 Å². The highest BCUT2D eigenvalue weighted by molar-refractivity contribution is 5.80. The zero-order valence-corrected chi connectivity index (χ0v) is 10.9. The molecule has 2 atom stereocenters. The molecule has 0 amide bonds. The van der Waals surface area contributed by atoms with Crippen molar-refractivity contribution in [3.05, 3.63) is 35.4 Å². The fourth-order valence-electron chi connectivity index (χ4n) is 1.98. The number of rotatable bonds is 5. The molecular formula is C14H21NO2. The number of carbonyl (C=O) groups is 1. The van der Waals surface area contributed by atoms with Crippen LogP contribution in [0.25, 0.3) is 0 Å². The van der Waals surface area contributed by atoms with Crippen molar-refractivity contribution in [1.29, 1.82) is 0 Å². The average Bonchev–Trinajstić information content (AvgIpc) is 2.28. The number of aryl methyl sites for hydroxylation is 1. The predicted octanol–water partition coefficient (Wildman–Crippen LogP) is 2.68. The molecule has 0 fully saturated rings. The highest BCUT2D eigenvalue weighted by atomic mass is 16.4. The monoisotopic (exact) mass is 235 g/mol. The van der Waals surface area contributed by atoms with Crippen LogP contribution in [0.3, 0.4) is 0 Å². The topological polar surface area (TPSA) is 49.3 Å². The lowest BCUT2D eigenvalue weighted by atomic mass is 9.87. The molecule has 2 unspecified atom stereocenters. The van der Waals surface area contributed by atoms with Crippen molar-refractivity contribution < 1.29 is 9.90 Å². The summed E-state index contributed by atoms with van der Waals surface area (Å²) in [5.41, 5.74) is 0.793. The normalized spacial score (nSPS) is 16.2. The van der Waals surface area contributed by atoms with E-state index in [-0.39, 0.29) is 6.04 Å². The molecule has 0 aliphatic carbocycles. The van der Waals surface area contributed by atoms with Gasteiger partial charge in [0.25, 0.3) is 0 Å². The second-order valence-corrected chi connectivity index (χ2v) is 4.70. The Labute approximate surface area is 103 Å². The van der Waals surface area contributed by atoms with Crippen LogP contribution in [0.1, 0.15) is 38.3 Å². The molecule has 0 aromatic heterocycles. The van der Waals surface area contributed by atoms with Gasteiger partial charge >= 0.3 is 5.97 Å².